The number of methoxy groups -OCH3 is 1. The lowest BCUT2D eigenvalue weighted by atomic mass is 10.1. The monoisotopic (exact) mass is 500 g/mol. The minimum absolute atomic E-state index is 0.275. The molecule has 0 radical (unpaired) electrons. The van der Waals surface area contributed by atoms with Gasteiger partial charge in [-0.3, -0.25) is 0 Å². The lowest BCUT2D eigenvalue weighted by Crippen LogP contribution is -2.39. The second-order valence-corrected chi connectivity index (χ2v) is 12.3. The molecule has 0 bridgehead atoms. The Balaban J connectivity index is 1.56. The molecular weight excluding hydrogens is 471 g/mol. The van der Waals surface area contributed by atoms with Gasteiger partial charge in [0.1, 0.15) is 17.9 Å². The van der Waals surface area contributed by atoms with E-state index in [1.807, 2.05) is 42.5 Å². The molecule has 3 aromatic rings. The molecule has 4 N–H and O–H groups in total. The molecule has 1 aliphatic heterocycles. The summed E-state index contributed by atoms with van der Waals surface area (Å²) < 4.78 is 18.3. The van der Waals surface area contributed by atoms with Gasteiger partial charge < -0.3 is 30.6 Å². The average molecular weight is 501 g/mol. The zero-order valence-electron chi connectivity index (χ0n) is 19.6. The molecule has 34 heavy (non-hydrogen) atoms. The maximum Gasteiger partial charge on any atom is 0.229 e. The number of anilines is 5. The van der Waals surface area contributed by atoms with Gasteiger partial charge in [-0.2, -0.15) is 4.98 Å². The summed E-state index contributed by atoms with van der Waals surface area (Å²) in [6.45, 7) is 5.32. The third-order valence-electron chi connectivity index (χ3n) is 5.82. The van der Waals surface area contributed by atoms with Gasteiger partial charge in [-0.15, -0.1) is 0 Å². The largest absolute Gasteiger partial charge is 0.494 e. The smallest absolute Gasteiger partial charge is 0.229 e. The summed E-state index contributed by atoms with van der Waals surface area (Å²) in [5.41, 5.74) is 8.57. The molecule has 2 heterocycles. The van der Waals surface area contributed by atoms with Crippen LogP contribution in [0.25, 0.3) is 0 Å². The highest BCUT2D eigenvalue weighted by Crippen LogP contribution is 2.39. The van der Waals surface area contributed by atoms with Gasteiger partial charge in [0.15, 0.2) is 5.82 Å². The Bertz CT molecular complexity index is 1210. The molecule has 0 saturated carbocycles. The van der Waals surface area contributed by atoms with Crippen molar-refractivity contribution in [2.45, 2.75) is 18.9 Å². The van der Waals surface area contributed by atoms with E-state index in [2.05, 4.69) is 25.5 Å². The van der Waals surface area contributed by atoms with Gasteiger partial charge in [-0.05, 0) is 50.4 Å². The van der Waals surface area contributed by atoms with Gasteiger partial charge >= 0.3 is 0 Å². The van der Waals surface area contributed by atoms with Crippen molar-refractivity contribution in [2.24, 2.45) is 5.73 Å². The molecule has 1 aliphatic rings. The van der Waals surface area contributed by atoms with Crippen LogP contribution in [0.15, 0.2) is 48.7 Å². The summed E-state index contributed by atoms with van der Waals surface area (Å²) in [4.78, 5) is 11.2. The molecule has 1 fully saturated rings. The molecule has 0 spiro atoms. The molecule has 1 saturated heterocycles. The Morgan fingerprint density at radius 3 is 2.56 bits per heavy atom. The number of rotatable bonds is 7. The Morgan fingerprint density at radius 1 is 1.12 bits per heavy atom. The van der Waals surface area contributed by atoms with Crippen molar-refractivity contribution < 1.29 is 9.30 Å². The fraction of sp³-hybridized carbons (Fsp3) is 0.333. The van der Waals surface area contributed by atoms with Crippen molar-refractivity contribution in [1.82, 2.24) is 9.97 Å². The third kappa shape index (κ3) is 5.63. The van der Waals surface area contributed by atoms with E-state index in [9.17, 15) is 4.57 Å². The van der Waals surface area contributed by atoms with Crippen molar-refractivity contribution in [3.63, 3.8) is 0 Å². The third-order valence-corrected chi connectivity index (χ3v) is 7.64. The zero-order chi connectivity index (χ0) is 24.3. The summed E-state index contributed by atoms with van der Waals surface area (Å²) >= 11 is 6.37. The highest BCUT2D eigenvalue weighted by atomic mass is 35.5. The molecule has 4 rings (SSSR count). The van der Waals surface area contributed by atoms with Gasteiger partial charge in [-0.1, -0.05) is 23.7 Å². The topological polar surface area (TPSA) is 105 Å². The van der Waals surface area contributed by atoms with Crippen LogP contribution in [0, 0.1) is 0 Å². The van der Waals surface area contributed by atoms with Crippen LogP contribution in [0.3, 0.4) is 0 Å². The molecular formula is C24H30ClN6O2P. The fourth-order valence-electron chi connectivity index (χ4n) is 3.95. The summed E-state index contributed by atoms with van der Waals surface area (Å²) in [6.07, 6.45) is 3.48. The highest BCUT2D eigenvalue weighted by Gasteiger charge is 2.19. The Labute approximate surface area is 205 Å². The predicted octanol–water partition coefficient (Wildman–Crippen LogP) is 4.80. The summed E-state index contributed by atoms with van der Waals surface area (Å²) in [5, 5.41) is 7.52. The van der Waals surface area contributed by atoms with Crippen LogP contribution in [-0.4, -0.2) is 49.5 Å². The van der Waals surface area contributed by atoms with Crippen LogP contribution in [0.1, 0.15) is 12.8 Å². The van der Waals surface area contributed by atoms with E-state index in [0.717, 1.165) is 42.6 Å². The predicted molar refractivity (Wildman–Crippen MR) is 142 cm³/mol. The molecule has 0 atom stereocenters. The lowest BCUT2D eigenvalue weighted by molar-refractivity contribution is 0.416. The summed E-state index contributed by atoms with van der Waals surface area (Å²) in [6, 6.07) is 13.7. The number of nitrogens with two attached hydrogens (primary N) is 1. The molecule has 10 heteroatoms. The number of benzene rings is 2. The minimum atomic E-state index is -2.50. The second kappa shape index (κ2) is 10.2. The quantitative estimate of drug-likeness (QED) is 0.397. The number of para-hydroxylation sites is 1. The summed E-state index contributed by atoms with van der Waals surface area (Å²) in [5.74, 6) is 1.46. The number of nitrogens with one attached hydrogen (secondary N) is 2. The molecule has 1 aromatic heterocycles. The zero-order valence-corrected chi connectivity index (χ0v) is 21.2. The minimum Gasteiger partial charge on any atom is -0.494 e. The normalized spacial score (nSPS) is 14.7. The van der Waals surface area contributed by atoms with Crippen LogP contribution >= 0.6 is 18.7 Å². The van der Waals surface area contributed by atoms with E-state index in [1.54, 1.807) is 20.4 Å². The Hall–Kier alpha value is -2.80. The van der Waals surface area contributed by atoms with E-state index >= 15 is 0 Å². The van der Waals surface area contributed by atoms with Gasteiger partial charge in [0.25, 0.3) is 0 Å². The number of nitrogens with zero attached hydrogens (tertiary/aromatic N) is 3. The van der Waals surface area contributed by atoms with E-state index in [4.69, 9.17) is 22.1 Å². The maximum absolute atomic E-state index is 12.7. The molecule has 0 amide bonds. The maximum atomic E-state index is 12.7. The van der Waals surface area contributed by atoms with Crippen molar-refractivity contribution >= 4 is 52.9 Å². The molecule has 0 aliphatic carbocycles. The van der Waals surface area contributed by atoms with Gasteiger partial charge in [-0.25, -0.2) is 4.98 Å². The van der Waals surface area contributed by atoms with Crippen molar-refractivity contribution in [3.8, 4) is 5.75 Å². The van der Waals surface area contributed by atoms with Gasteiger partial charge in [0.05, 0.1) is 24.7 Å². The van der Waals surface area contributed by atoms with E-state index in [-0.39, 0.29) is 6.04 Å². The molecule has 8 nitrogen and oxygen atoms in total. The molecule has 2 aromatic carbocycles. The first kappa shape index (κ1) is 24.3. The van der Waals surface area contributed by atoms with E-state index < -0.39 is 7.14 Å². The summed E-state index contributed by atoms with van der Waals surface area (Å²) in [7, 11) is -0.862. The lowest BCUT2D eigenvalue weighted by Gasteiger charge is -2.32. The number of hydrogen-bond acceptors (Lipinski definition) is 8. The first-order chi connectivity index (χ1) is 16.2. The first-order valence-electron chi connectivity index (χ1n) is 11.1. The number of halogens is 1. The Kier molecular flexibility index (Phi) is 7.31. The first-order valence-corrected chi connectivity index (χ1v) is 14.1. The van der Waals surface area contributed by atoms with Crippen LogP contribution in [0.2, 0.25) is 5.02 Å². The highest BCUT2D eigenvalue weighted by molar-refractivity contribution is 7.70. The number of ether oxygens (including phenoxy) is 1. The van der Waals surface area contributed by atoms with Crippen LogP contribution < -0.4 is 31.3 Å². The van der Waals surface area contributed by atoms with Gasteiger partial charge in [0.2, 0.25) is 5.95 Å². The van der Waals surface area contributed by atoms with Crippen LogP contribution in [0.5, 0.6) is 5.75 Å². The number of piperidine rings is 1. The van der Waals surface area contributed by atoms with Gasteiger partial charge in [0, 0.05) is 36.2 Å². The van der Waals surface area contributed by atoms with Crippen molar-refractivity contribution in [2.75, 3.05) is 49.1 Å². The number of hydrogen-bond donors (Lipinski definition) is 3. The SMILES string of the molecule is COc1cc(N2CCC(N)CC2)ccc1Nc1ncc(Cl)c(Nc2ccccc2P(C)(C)=O)n1. The van der Waals surface area contributed by atoms with Crippen LogP contribution in [0.4, 0.5) is 28.8 Å². The Morgan fingerprint density at radius 2 is 1.85 bits per heavy atom. The molecule has 180 valence electrons. The standard InChI is InChI=1S/C24H30ClN6O2P/c1-33-21-14-17(31-12-10-16(26)11-13-31)8-9-19(21)29-24-27-15-18(25)23(30-24)28-20-6-4-5-7-22(20)34(2,3)32/h4-9,14-16H,10-13,26H2,1-3H3,(H2,27,28,29,30). The number of aromatic nitrogens is 2. The fourth-order valence-corrected chi connectivity index (χ4v) is 5.24. The van der Waals surface area contributed by atoms with Crippen LogP contribution in [-0.2, 0) is 4.57 Å². The second-order valence-electron chi connectivity index (χ2n) is 8.72. The van der Waals surface area contributed by atoms with Crippen molar-refractivity contribution in [3.05, 3.63) is 53.7 Å². The van der Waals surface area contributed by atoms with E-state index in [1.165, 1.54) is 6.20 Å². The van der Waals surface area contributed by atoms with E-state index in [0.29, 0.717) is 28.2 Å². The average Bonchev–Trinajstić information content (AvgIpc) is 2.81. The molecule has 0 unspecified atom stereocenters. The van der Waals surface area contributed by atoms with Crippen molar-refractivity contribution in [1.29, 1.82) is 0 Å².